The molecule has 0 unspecified atom stereocenters. The number of carbonyl (C=O) groups excluding carboxylic acids is 1. The highest BCUT2D eigenvalue weighted by Gasteiger charge is 2.40. The van der Waals surface area contributed by atoms with Gasteiger partial charge >= 0.3 is 0 Å². The van der Waals surface area contributed by atoms with Crippen molar-refractivity contribution in [2.75, 3.05) is 18.4 Å². The number of piperidine rings is 1. The second kappa shape index (κ2) is 4.02. The van der Waals surface area contributed by atoms with Crippen LogP contribution < -0.4 is 10.6 Å². The molecule has 0 bridgehead atoms. The largest absolute Gasteiger partial charge is 0.376 e. The summed E-state index contributed by atoms with van der Waals surface area (Å²) in [6.07, 6.45) is 1.86. The zero-order valence-electron chi connectivity index (χ0n) is 9.85. The monoisotopic (exact) mass is 252 g/mol. The minimum Gasteiger partial charge on any atom is -0.376 e. The third-order valence-electron chi connectivity index (χ3n) is 3.81. The van der Waals surface area contributed by atoms with Gasteiger partial charge in [0.15, 0.2) is 5.78 Å². The fourth-order valence-corrected chi connectivity index (χ4v) is 2.84. The van der Waals surface area contributed by atoms with Gasteiger partial charge in [0, 0.05) is 23.6 Å². The van der Waals surface area contributed by atoms with E-state index in [-0.39, 0.29) is 22.6 Å². The second-order valence-corrected chi connectivity index (χ2v) is 5.07. The van der Waals surface area contributed by atoms with Crippen LogP contribution in [0.3, 0.4) is 0 Å². The predicted octanol–water partition coefficient (Wildman–Crippen LogP) is 2.09. The van der Waals surface area contributed by atoms with Gasteiger partial charge in [-0.1, -0.05) is 0 Å². The molecule has 5 heteroatoms. The number of hydrogen-bond acceptors (Lipinski definition) is 3. The number of hydrogen-bond donors (Lipinski definition) is 2. The summed E-state index contributed by atoms with van der Waals surface area (Å²) in [6.45, 7) is 1.61. The van der Waals surface area contributed by atoms with E-state index in [1.54, 1.807) is 0 Å². The predicted molar refractivity (Wildman–Crippen MR) is 63.8 cm³/mol. The van der Waals surface area contributed by atoms with Crippen LogP contribution in [-0.2, 0) is 0 Å². The van der Waals surface area contributed by atoms with Crippen LogP contribution in [0.25, 0.3) is 0 Å². The van der Waals surface area contributed by atoms with Crippen molar-refractivity contribution >= 4 is 11.5 Å². The van der Waals surface area contributed by atoms with Crippen molar-refractivity contribution in [3.8, 4) is 0 Å². The highest BCUT2D eigenvalue weighted by Crippen LogP contribution is 2.37. The van der Waals surface area contributed by atoms with Crippen LogP contribution in [0.2, 0.25) is 0 Å². The van der Waals surface area contributed by atoms with E-state index in [1.807, 2.05) is 0 Å². The van der Waals surface area contributed by atoms with Gasteiger partial charge in [-0.15, -0.1) is 0 Å². The van der Waals surface area contributed by atoms with Gasteiger partial charge in [0.1, 0.15) is 11.6 Å². The molecule has 1 fully saturated rings. The van der Waals surface area contributed by atoms with Crippen molar-refractivity contribution in [2.45, 2.75) is 24.8 Å². The maximum atomic E-state index is 13.8. The number of fused-ring (bicyclic) bond motifs is 1. The fourth-order valence-electron chi connectivity index (χ4n) is 2.84. The number of rotatable bonds is 0. The van der Waals surface area contributed by atoms with Gasteiger partial charge in [0.2, 0.25) is 0 Å². The summed E-state index contributed by atoms with van der Waals surface area (Å²) in [7, 11) is 0. The minimum absolute atomic E-state index is 0.136. The van der Waals surface area contributed by atoms with E-state index in [4.69, 9.17) is 0 Å². The van der Waals surface area contributed by atoms with E-state index in [9.17, 15) is 13.6 Å². The standard InChI is InChI=1S/C13H14F2N2O/c14-8-5-9-11(18)7-13(1-3-16-4-2-13)17-12(9)10(15)6-8/h5-6,16-17H,1-4,7H2. The number of ketones is 1. The quantitative estimate of drug-likeness (QED) is 0.742. The van der Waals surface area contributed by atoms with Crippen molar-refractivity contribution < 1.29 is 13.6 Å². The van der Waals surface area contributed by atoms with E-state index >= 15 is 0 Å². The number of Topliss-reactive ketones (excluding diaryl/α,β-unsaturated/α-hetero) is 1. The summed E-state index contributed by atoms with van der Waals surface area (Å²) in [6, 6.07) is 1.93. The van der Waals surface area contributed by atoms with E-state index in [0.717, 1.165) is 38.1 Å². The van der Waals surface area contributed by atoms with Crippen LogP contribution in [-0.4, -0.2) is 24.4 Å². The molecule has 18 heavy (non-hydrogen) atoms. The van der Waals surface area contributed by atoms with Gasteiger partial charge in [-0.25, -0.2) is 8.78 Å². The molecule has 0 aromatic heterocycles. The van der Waals surface area contributed by atoms with Crippen LogP contribution >= 0.6 is 0 Å². The number of benzene rings is 1. The van der Waals surface area contributed by atoms with Gasteiger partial charge in [0.05, 0.1) is 5.69 Å². The average Bonchev–Trinajstić information content (AvgIpc) is 2.32. The van der Waals surface area contributed by atoms with E-state index in [2.05, 4.69) is 10.6 Å². The Morgan fingerprint density at radius 2 is 1.89 bits per heavy atom. The van der Waals surface area contributed by atoms with Crippen LogP contribution in [0.1, 0.15) is 29.6 Å². The van der Waals surface area contributed by atoms with Crippen molar-refractivity contribution in [1.82, 2.24) is 5.32 Å². The van der Waals surface area contributed by atoms with E-state index in [1.165, 1.54) is 0 Å². The SMILES string of the molecule is O=C1CC2(CCNCC2)Nc2c(F)cc(F)cc21. The molecule has 3 rings (SSSR count). The van der Waals surface area contributed by atoms with Crippen molar-refractivity contribution in [3.63, 3.8) is 0 Å². The normalized spacial score (nSPS) is 21.6. The van der Waals surface area contributed by atoms with Gasteiger partial charge in [-0.3, -0.25) is 4.79 Å². The lowest BCUT2D eigenvalue weighted by atomic mass is 9.79. The first-order valence-electron chi connectivity index (χ1n) is 6.11. The highest BCUT2D eigenvalue weighted by molar-refractivity contribution is 6.04. The molecule has 0 saturated carbocycles. The summed E-state index contributed by atoms with van der Waals surface area (Å²) in [5, 5.41) is 6.35. The van der Waals surface area contributed by atoms with Gasteiger partial charge in [-0.2, -0.15) is 0 Å². The van der Waals surface area contributed by atoms with Gasteiger partial charge in [-0.05, 0) is 32.0 Å². The molecule has 0 atom stereocenters. The van der Waals surface area contributed by atoms with Crippen LogP contribution in [0.5, 0.6) is 0 Å². The number of carbonyl (C=O) groups is 1. The topological polar surface area (TPSA) is 41.1 Å². The summed E-state index contributed by atoms with van der Waals surface area (Å²) in [5.41, 5.74) is -0.0696. The maximum Gasteiger partial charge on any atom is 0.167 e. The lowest BCUT2D eigenvalue weighted by Crippen LogP contribution is -2.51. The van der Waals surface area contributed by atoms with Gasteiger partial charge in [0.25, 0.3) is 0 Å². The first-order valence-corrected chi connectivity index (χ1v) is 6.11. The average molecular weight is 252 g/mol. The van der Waals surface area contributed by atoms with E-state index in [0.29, 0.717) is 6.42 Å². The number of anilines is 1. The molecule has 3 nitrogen and oxygen atoms in total. The van der Waals surface area contributed by atoms with Crippen molar-refractivity contribution in [2.24, 2.45) is 0 Å². The molecule has 1 spiro atoms. The number of halogens is 2. The zero-order chi connectivity index (χ0) is 12.8. The van der Waals surface area contributed by atoms with Crippen molar-refractivity contribution in [3.05, 3.63) is 29.3 Å². The Labute approximate surface area is 104 Å². The minimum atomic E-state index is -0.706. The second-order valence-electron chi connectivity index (χ2n) is 5.07. The third-order valence-corrected chi connectivity index (χ3v) is 3.81. The molecule has 2 heterocycles. The lowest BCUT2D eigenvalue weighted by molar-refractivity contribution is 0.0936. The summed E-state index contributed by atoms with van der Waals surface area (Å²) < 4.78 is 26.9. The maximum absolute atomic E-state index is 13.8. The Balaban J connectivity index is 2.04. The summed E-state index contributed by atoms with van der Waals surface area (Å²) >= 11 is 0. The van der Waals surface area contributed by atoms with Crippen LogP contribution in [0, 0.1) is 11.6 Å². The Hall–Kier alpha value is -1.49. The van der Waals surface area contributed by atoms with Gasteiger partial charge < -0.3 is 10.6 Å². The molecule has 96 valence electrons. The Morgan fingerprint density at radius 1 is 1.17 bits per heavy atom. The highest BCUT2D eigenvalue weighted by atomic mass is 19.1. The van der Waals surface area contributed by atoms with E-state index < -0.39 is 11.6 Å². The molecule has 1 aromatic rings. The van der Waals surface area contributed by atoms with Crippen molar-refractivity contribution in [1.29, 1.82) is 0 Å². The zero-order valence-corrected chi connectivity index (χ0v) is 9.85. The lowest BCUT2D eigenvalue weighted by Gasteiger charge is -2.42. The smallest absolute Gasteiger partial charge is 0.167 e. The molecule has 0 amide bonds. The molecule has 0 radical (unpaired) electrons. The number of nitrogens with one attached hydrogen (secondary N) is 2. The molecule has 0 aliphatic carbocycles. The fraction of sp³-hybridized carbons (Fsp3) is 0.462. The molecular formula is C13H14F2N2O. The first kappa shape index (κ1) is 11.6. The third kappa shape index (κ3) is 1.79. The molecular weight excluding hydrogens is 238 g/mol. The summed E-state index contributed by atoms with van der Waals surface area (Å²) in [4.78, 5) is 12.1. The molecule has 2 aliphatic heterocycles. The first-order chi connectivity index (χ1) is 8.60. The molecule has 2 N–H and O–H groups in total. The summed E-state index contributed by atoms with van der Waals surface area (Å²) in [5.74, 6) is -1.57. The molecule has 2 aliphatic rings. The van der Waals surface area contributed by atoms with Crippen LogP contribution in [0.15, 0.2) is 12.1 Å². The Kier molecular flexibility index (Phi) is 2.59. The molecule has 1 saturated heterocycles. The Bertz CT molecular complexity index is 510. The molecule has 1 aromatic carbocycles. The van der Waals surface area contributed by atoms with Crippen LogP contribution in [0.4, 0.5) is 14.5 Å². The Morgan fingerprint density at radius 3 is 2.61 bits per heavy atom.